The molecule has 0 aromatic heterocycles. The first kappa shape index (κ1) is 14.8. The average molecular weight is 274 g/mol. The Kier molecular flexibility index (Phi) is 4.49. The number of halogens is 2. The van der Waals surface area contributed by atoms with Gasteiger partial charge in [0.2, 0.25) is 5.92 Å². The molecule has 4 heteroatoms. The van der Waals surface area contributed by atoms with E-state index in [9.17, 15) is 13.9 Å². The molecule has 2 rings (SSSR count). The number of aliphatic hydroxyl groups excluding tert-OH is 1. The van der Waals surface area contributed by atoms with Gasteiger partial charge in [0, 0.05) is 18.8 Å². The van der Waals surface area contributed by atoms with Crippen LogP contribution in [-0.4, -0.2) is 23.2 Å². The highest BCUT2D eigenvalue weighted by Gasteiger charge is 2.35. The van der Waals surface area contributed by atoms with Crippen molar-refractivity contribution in [2.75, 3.05) is 0 Å². The van der Waals surface area contributed by atoms with Gasteiger partial charge in [-0.1, -0.05) is 6.92 Å². The molecule has 0 aliphatic heterocycles. The van der Waals surface area contributed by atoms with E-state index in [2.05, 4.69) is 6.92 Å². The molecule has 0 spiro atoms. The smallest absolute Gasteiger partial charge is 0.248 e. The predicted octanol–water partition coefficient (Wildman–Crippen LogP) is 3.89. The minimum atomic E-state index is -2.60. The maximum atomic E-state index is 13.2. The third-order valence-corrected chi connectivity index (χ3v) is 4.51. The van der Waals surface area contributed by atoms with Crippen molar-refractivity contribution in [3.63, 3.8) is 0 Å². The quantitative estimate of drug-likeness (QED) is 0.846. The first-order chi connectivity index (χ1) is 8.86. The topological polar surface area (TPSA) is 29.5 Å². The molecule has 0 aromatic carbocycles. The zero-order valence-corrected chi connectivity index (χ0v) is 11.7. The van der Waals surface area contributed by atoms with Crippen molar-refractivity contribution >= 4 is 0 Å². The van der Waals surface area contributed by atoms with E-state index in [1.165, 1.54) is 0 Å². The third-order valence-electron chi connectivity index (χ3n) is 4.51. The van der Waals surface area contributed by atoms with Crippen molar-refractivity contribution in [1.29, 1.82) is 0 Å². The lowest BCUT2D eigenvalue weighted by Gasteiger charge is -2.33. The molecule has 0 heterocycles. The average Bonchev–Trinajstić information content (AvgIpc) is 2.33. The van der Waals surface area contributed by atoms with Crippen molar-refractivity contribution in [3.8, 4) is 0 Å². The largest absolute Gasteiger partial charge is 0.495 e. The molecule has 0 aromatic rings. The summed E-state index contributed by atoms with van der Waals surface area (Å²) < 4.78 is 32.2. The van der Waals surface area contributed by atoms with Crippen molar-refractivity contribution in [3.05, 3.63) is 11.8 Å². The molecular formula is C15H24F2O2. The van der Waals surface area contributed by atoms with Gasteiger partial charge in [-0.2, -0.15) is 0 Å². The summed E-state index contributed by atoms with van der Waals surface area (Å²) in [6.45, 7) is 3.05. The fraction of sp³-hybridized carbons (Fsp3) is 0.867. The molecule has 2 aliphatic carbocycles. The fourth-order valence-corrected chi connectivity index (χ4v) is 2.96. The lowest BCUT2D eigenvalue weighted by molar-refractivity contribution is -0.0502. The second-order valence-electron chi connectivity index (χ2n) is 6.20. The van der Waals surface area contributed by atoms with E-state index >= 15 is 0 Å². The molecule has 0 amide bonds. The highest BCUT2D eigenvalue weighted by atomic mass is 19.3. The molecule has 4 unspecified atom stereocenters. The molecule has 1 N–H and O–H groups in total. The van der Waals surface area contributed by atoms with Gasteiger partial charge in [0.25, 0.3) is 0 Å². The van der Waals surface area contributed by atoms with Crippen molar-refractivity contribution in [2.24, 2.45) is 11.8 Å². The Morgan fingerprint density at radius 3 is 2.58 bits per heavy atom. The van der Waals surface area contributed by atoms with Gasteiger partial charge in [-0.3, -0.25) is 0 Å². The standard InChI is InChI=1S/C15H24F2O2/c1-10-3-6-13(9-14(10)18)19-12-7-4-11(5-8-12)15(2,16)17/h7,10-11,13-14,18H,3-6,8-9H2,1-2H3. The summed E-state index contributed by atoms with van der Waals surface area (Å²) in [5.41, 5.74) is 0. The second kappa shape index (κ2) is 5.78. The van der Waals surface area contributed by atoms with E-state index in [0.29, 0.717) is 31.6 Å². The normalized spacial score (nSPS) is 36.8. The van der Waals surface area contributed by atoms with E-state index < -0.39 is 11.8 Å². The van der Waals surface area contributed by atoms with Gasteiger partial charge in [0.1, 0.15) is 6.10 Å². The summed E-state index contributed by atoms with van der Waals surface area (Å²) in [6, 6.07) is 0. The maximum Gasteiger partial charge on any atom is 0.248 e. The van der Waals surface area contributed by atoms with Crippen molar-refractivity contribution in [1.82, 2.24) is 0 Å². The van der Waals surface area contributed by atoms with Crippen LogP contribution in [0.3, 0.4) is 0 Å². The Labute approximate surface area is 113 Å². The van der Waals surface area contributed by atoms with E-state index in [4.69, 9.17) is 4.74 Å². The number of alkyl halides is 2. The van der Waals surface area contributed by atoms with Crippen LogP contribution >= 0.6 is 0 Å². The Morgan fingerprint density at radius 2 is 2.05 bits per heavy atom. The van der Waals surface area contributed by atoms with Crippen LogP contribution in [0.4, 0.5) is 8.78 Å². The van der Waals surface area contributed by atoms with E-state index in [1.54, 1.807) is 0 Å². The molecule has 19 heavy (non-hydrogen) atoms. The van der Waals surface area contributed by atoms with Crippen LogP contribution in [0.2, 0.25) is 0 Å². The van der Waals surface area contributed by atoms with Crippen LogP contribution in [0.15, 0.2) is 11.8 Å². The van der Waals surface area contributed by atoms with E-state index in [-0.39, 0.29) is 12.2 Å². The van der Waals surface area contributed by atoms with Crippen LogP contribution in [0.25, 0.3) is 0 Å². The number of aliphatic hydroxyl groups is 1. The molecule has 0 radical (unpaired) electrons. The van der Waals surface area contributed by atoms with Crippen LogP contribution < -0.4 is 0 Å². The molecular weight excluding hydrogens is 250 g/mol. The summed E-state index contributed by atoms with van der Waals surface area (Å²) in [6.07, 6.45) is 5.62. The number of hydrogen-bond donors (Lipinski definition) is 1. The highest BCUT2D eigenvalue weighted by Crippen LogP contribution is 2.37. The Morgan fingerprint density at radius 1 is 1.32 bits per heavy atom. The molecule has 1 saturated carbocycles. The molecule has 0 bridgehead atoms. The summed E-state index contributed by atoms with van der Waals surface area (Å²) in [4.78, 5) is 0. The zero-order valence-electron chi connectivity index (χ0n) is 11.7. The van der Waals surface area contributed by atoms with Crippen LogP contribution in [0.5, 0.6) is 0 Å². The monoisotopic (exact) mass is 274 g/mol. The molecule has 110 valence electrons. The first-order valence-corrected chi connectivity index (χ1v) is 7.28. The minimum Gasteiger partial charge on any atom is -0.495 e. The fourth-order valence-electron chi connectivity index (χ4n) is 2.96. The summed E-state index contributed by atoms with van der Waals surface area (Å²) in [5.74, 6) is -1.98. The van der Waals surface area contributed by atoms with Gasteiger partial charge in [0.05, 0.1) is 11.9 Å². The van der Waals surface area contributed by atoms with Gasteiger partial charge in [-0.05, 0) is 44.6 Å². The van der Waals surface area contributed by atoms with Crippen LogP contribution in [0, 0.1) is 11.8 Å². The van der Waals surface area contributed by atoms with Gasteiger partial charge >= 0.3 is 0 Å². The molecule has 1 fully saturated rings. The molecule has 0 saturated heterocycles. The maximum absolute atomic E-state index is 13.2. The second-order valence-corrected chi connectivity index (χ2v) is 6.20. The van der Waals surface area contributed by atoms with E-state index in [0.717, 1.165) is 25.5 Å². The lowest BCUT2D eigenvalue weighted by Crippen LogP contribution is -2.32. The summed E-state index contributed by atoms with van der Waals surface area (Å²) in [7, 11) is 0. The number of allylic oxidation sites excluding steroid dienone is 2. The number of hydrogen-bond acceptors (Lipinski definition) is 2. The van der Waals surface area contributed by atoms with Crippen molar-refractivity contribution in [2.45, 2.75) is 70.5 Å². The first-order valence-electron chi connectivity index (χ1n) is 7.28. The van der Waals surface area contributed by atoms with Crippen molar-refractivity contribution < 1.29 is 18.6 Å². The summed E-state index contributed by atoms with van der Waals surface area (Å²) in [5, 5.41) is 9.83. The SMILES string of the molecule is CC1CCC(OC2=CCC(C(C)(F)F)CC2)CC1O. The highest BCUT2D eigenvalue weighted by molar-refractivity contribution is 5.02. The van der Waals surface area contributed by atoms with Crippen LogP contribution in [-0.2, 0) is 4.74 Å². The number of rotatable bonds is 3. The molecule has 4 atom stereocenters. The molecule has 2 aliphatic rings. The van der Waals surface area contributed by atoms with Gasteiger partial charge in [-0.15, -0.1) is 0 Å². The zero-order chi connectivity index (χ0) is 14.0. The Hall–Kier alpha value is -0.640. The number of ether oxygens (including phenoxy) is 1. The molecule has 2 nitrogen and oxygen atoms in total. The van der Waals surface area contributed by atoms with Gasteiger partial charge in [-0.25, -0.2) is 8.78 Å². The minimum absolute atomic E-state index is 0.0520. The lowest BCUT2D eigenvalue weighted by atomic mass is 9.85. The Balaban J connectivity index is 1.83. The Bertz CT molecular complexity index is 336. The van der Waals surface area contributed by atoms with E-state index in [1.807, 2.05) is 6.08 Å². The van der Waals surface area contributed by atoms with Gasteiger partial charge < -0.3 is 9.84 Å². The third kappa shape index (κ3) is 3.91. The van der Waals surface area contributed by atoms with Gasteiger partial charge in [0.15, 0.2) is 0 Å². The predicted molar refractivity (Wildman–Crippen MR) is 69.9 cm³/mol. The summed E-state index contributed by atoms with van der Waals surface area (Å²) >= 11 is 0. The van der Waals surface area contributed by atoms with Crippen LogP contribution in [0.1, 0.15) is 52.4 Å².